The van der Waals surface area contributed by atoms with E-state index in [1.807, 2.05) is 42.5 Å². The standard InChI is InChI=1S/C25H20ClN3O4S/c26-20-13-19(24-23-4-2-1-3-17(23)9-10-27-24)14-21(15-20)28-25(30)18-5-7-22(8-6-18)29-11-12-33-16-34(29,31)32/h1-10,13-15H,11-12,16H2,(H,28,30). The molecule has 1 fully saturated rings. The number of aromatic nitrogens is 1. The van der Waals surface area contributed by atoms with Crippen molar-refractivity contribution in [2.75, 3.05) is 28.7 Å². The Hall–Kier alpha value is -3.46. The Bertz CT molecular complexity index is 1480. The van der Waals surface area contributed by atoms with Gasteiger partial charge in [0.1, 0.15) is 0 Å². The average molecular weight is 494 g/mol. The van der Waals surface area contributed by atoms with Crippen LogP contribution in [0.4, 0.5) is 11.4 Å². The molecular weight excluding hydrogens is 474 g/mol. The summed E-state index contributed by atoms with van der Waals surface area (Å²) < 4.78 is 30.7. The number of carbonyl (C=O) groups excluding carboxylic acids is 1. The van der Waals surface area contributed by atoms with Crippen molar-refractivity contribution in [3.05, 3.63) is 89.6 Å². The van der Waals surface area contributed by atoms with Gasteiger partial charge in [-0.1, -0.05) is 35.9 Å². The van der Waals surface area contributed by atoms with E-state index in [0.29, 0.717) is 28.6 Å². The molecule has 1 saturated heterocycles. The second kappa shape index (κ2) is 9.06. The Kier molecular flexibility index (Phi) is 5.95. The monoisotopic (exact) mass is 493 g/mol. The third kappa shape index (κ3) is 4.48. The summed E-state index contributed by atoms with van der Waals surface area (Å²) in [6, 6.07) is 21.6. The van der Waals surface area contributed by atoms with Crippen molar-refractivity contribution in [2.45, 2.75) is 0 Å². The Balaban J connectivity index is 1.40. The molecule has 1 amide bonds. The summed E-state index contributed by atoms with van der Waals surface area (Å²) in [6.45, 7) is 0.561. The van der Waals surface area contributed by atoms with Crippen molar-refractivity contribution in [3.8, 4) is 11.3 Å². The fraction of sp³-hybridized carbons (Fsp3) is 0.120. The molecule has 1 aromatic heterocycles. The minimum Gasteiger partial charge on any atom is -0.362 e. The van der Waals surface area contributed by atoms with Crippen LogP contribution in [-0.4, -0.2) is 38.4 Å². The number of hydrogen-bond acceptors (Lipinski definition) is 5. The van der Waals surface area contributed by atoms with Gasteiger partial charge in [0.15, 0.2) is 5.94 Å². The number of nitrogens with one attached hydrogen (secondary N) is 1. The number of nitrogens with zero attached hydrogens (tertiary/aromatic N) is 2. The van der Waals surface area contributed by atoms with Gasteiger partial charge in [-0.15, -0.1) is 0 Å². The quantitative estimate of drug-likeness (QED) is 0.435. The third-order valence-electron chi connectivity index (χ3n) is 5.53. The fourth-order valence-electron chi connectivity index (χ4n) is 3.93. The number of anilines is 2. The molecule has 7 nitrogen and oxygen atoms in total. The van der Waals surface area contributed by atoms with Crippen molar-refractivity contribution in [2.24, 2.45) is 0 Å². The van der Waals surface area contributed by atoms with Crippen molar-refractivity contribution in [1.82, 2.24) is 4.98 Å². The number of pyridine rings is 1. The number of halogens is 1. The highest BCUT2D eigenvalue weighted by molar-refractivity contribution is 7.92. The van der Waals surface area contributed by atoms with Gasteiger partial charge in [-0.3, -0.25) is 14.1 Å². The van der Waals surface area contributed by atoms with E-state index in [2.05, 4.69) is 10.3 Å². The minimum absolute atomic E-state index is 0.237. The largest absolute Gasteiger partial charge is 0.362 e. The molecule has 1 aliphatic rings. The number of amides is 1. The van der Waals surface area contributed by atoms with E-state index >= 15 is 0 Å². The van der Waals surface area contributed by atoms with Crippen molar-refractivity contribution >= 4 is 49.7 Å². The van der Waals surface area contributed by atoms with Crippen LogP contribution in [0.1, 0.15) is 10.4 Å². The van der Waals surface area contributed by atoms with Crippen LogP contribution in [0.15, 0.2) is 79.0 Å². The Labute approximate surface area is 202 Å². The maximum absolute atomic E-state index is 12.9. The highest BCUT2D eigenvalue weighted by atomic mass is 35.5. The Morgan fingerprint density at radius 2 is 1.82 bits per heavy atom. The number of rotatable bonds is 4. The van der Waals surface area contributed by atoms with Crippen molar-refractivity contribution in [3.63, 3.8) is 0 Å². The van der Waals surface area contributed by atoms with E-state index in [0.717, 1.165) is 22.0 Å². The molecule has 0 saturated carbocycles. The molecule has 0 spiro atoms. The molecule has 0 radical (unpaired) electrons. The van der Waals surface area contributed by atoms with Gasteiger partial charge >= 0.3 is 0 Å². The number of ether oxygens (including phenoxy) is 1. The first kappa shape index (κ1) is 22.3. The lowest BCUT2D eigenvalue weighted by Gasteiger charge is -2.28. The van der Waals surface area contributed by atoms with Crippen LogP contribution >= 0.6 is 11.6 Å². The Morgan fingerprint density at radius 3 is 2.62 bits per heavy atom. The zero-order chi connectivity index (χ0) is 23.7. The summed E-state index contributed by atoms with van der Waals surface area (Å²) in [4.78, 5) is 17.4. The van der Waals surface area contributed by atoms with E-state index in [1.165, 1.54) is 4.31 Å². The molecule has 0 aliphatic carbocycles. The predicted octanol–water partition coefficient (Wildman–Crippen LogP) is 4.93. The smallest absolute Gasteiger partial charge is 0.259 e. The van der Waals surface area contributed by atoms with Gasteiger partial charge in [0.25, 0.3) is 15.9 Å². The molecule has 0 bridgehead atoms. The van der Waals surface area contributed by atoms with E-state index < -0.39 is 10.0 Å². The van der Waals surface area contributed by atoms with Gasteiger partial charge in [0, 0.05) is 33.4 Å². The second-order valence-electron chi connectivity index (χ2n) is 7.82. The highest BCUT2D eigenvalue weighted by Gasteiger charge is 2.26. The molecular formula is C25H20ClN3O4S. The lowest BCUT2D eigenvalue weighted by Crippen LogP contribution is -2.41. The van der Waals surface area contributed by atoms with Gasteiger partial charge in [-0.25, -0.2) is 8.42 Å². The van der Waals surface area contributed by atoms with Gasteiger partial charge in [-0.2, -0.15) is 0 Å². The lowest BCUT2D eigenvalue weighted by molar-refractivity contribution is 0.102. The maximum atomic E-state index is 12.9. The normalized spacial score (nSPS) is 15.3. The summed E-state index contributed by atoms with van der Waals surface area (Å²) >= 11 is 6.36. The summed E-state index contributed by atoms with van der Waals surface area (Å²) in [7, 11) is -3.52. The number of sulfonamides is 1. The van der Waals surface area contributed by atoms with Crippen LogP contribution in [0, 0.1) is 0 Å². The third-order valence-corrected chi connectivity index (χ3v) is 7.27. The molecule has 4 aromatic rings. The van der Waals surface area contributed by atoms with Gasteiger partial charge < -0.3 is 10.1 Å². The topological polar surface area (TPSA) is 88.6 Å². The summed E-state index contributed by atoms with van der Waals surface area (Å²) in [5, 5.41) is 5.38. The molecule has 172 valence electrons. The molecule has 0 atom stereocenters. The first-order chi connectivity index (χ1) is 16.4. The maximum Gasteiger partial charge on any atom is 0.259 e. The van der Waals surface area contributed by atoms with Crippen molar-refractivity contribution < 1.29 is 17.9 Å². The van der Waals surface area contributed by atoms with Crippen LogP contribution in [0.3, 0.4) is 0 Å². The molecule has 34 heavy (non-hydrogen) atoms. The summed E-state index contributed by atoms with van der Waals surface area (Å²) in [6.07, 6.45) is 1.74. The average Bonchev–Trinajstić information content (AvgIpc) is 2.83. The molecule has 0 unspecified atom stereocenters. The predicted molar refractivity (Wildman–Crippen MR) is 134 cm³/mol. The molecule has 3 aromatic carbocycles. The van der Waals surface area contributed by atoms with Crippen molar-refractivity contribution in [1.29, 1.82) is 0 Å². The highest BCUT2D eigenvalue weighted by Crippen LogP contribution is 2.31. The lowest BCUT2D eigenvalue weighted by atomic mass is 10.0. The fourth-order valence-corrected chi connectivity index (χ4v) is 5.42. The SMILES string of the molecule is O=C(Nc1cc(Cl)cc(-c2nccc3ccccc23)c1)c1ccc(N2CCOCS2(=O)=O)cc1. The van der Waals surface area contributed by atoms with E-state index in [4.69, 9.17) is 16.3 Å². The molecule has 1 N–H and O–H groups in total. The van der Waals surface area contributed by atoms with Crippen LogP contribution in [0.25, 0.3) is 22.0 Å². The van der Waals surface area contributed by atoms with Crippen LogP contribution < -0.4 is 9.62 Å². The zero-order valence-electron chi connectivity index (χ0n) is 17.9. The first-order valence-corrected chi connectivity index (χ1v) is 12.5. The van der Waals surface area contributed by atoms with E-state index in [1.54, 1.807) is 36.5 Å². The number of carbonyl (C=O) groups is 1. The van der Waals surface area contributed by atoms with Gasteiger partial charge in [-0.05, 0) is 53.9 Å². The summed E-state index contributed by atoms with van der Waals surface area (Å²) in [5.41, 5.74) is 2.97. The number of fused-ring (bicyclic) bond motifs is 1. The minimum atomic E-state index is -3.52. The van der Waals surface area contributed by atoms with Crippen LogP contribution in [0.5, 0.6) is 0 Å². The summed E-state index contributed by atoms with van der Waals surface area (Å²) in [5.74, 6) is -0.687. The first-order valence-electron chi connectivity index (χ1n) is 10.5. The molecule has 5 rings (SSSR count). The van der Waals surface area contributed by atoms with E-state index in [9.17, 15) is 13.2 Å². The van der Waals surface area contributed by atoms with Crippen LogP contribution in [-0.2, 0) is 14.8 Å². The number of hydrogen-bond donors (Lipinski definition) is 1. The Morgan fingerprint density at radius 1 is 1.03 bits per heavy atom. The molecule has 2 heterocycles. The molecule has 1 aliphatic heterocycles. The van der Waals surface area contributed by atoms with Crippen LogP contribution in [0.2, 0.25) is 5.02 Å². The zero-order valence-corrected chi connectivity index (χ0v) is 19.5. The molecule has 9 heteroatoms. The van der Waals surface area contributed by atoms with Gasteiger partial charge in [0.2, 0.25) is 0 Å². The van der Waals surface area contributed by atoms with E-state index in [-0.39, 0.29) is 18.4 Å². The number of benzene rings is 3. The van der Waals surface area contributed by atoms with Gasteiger partial charge in [0.05, 0.1) is 24.5 Å². The second-order valence-corrected chi connectivity index (χ2v) is 10.1.